The molecule has 0 aliphatic heterocycles. The minimum atomic E-state index is -0.270. The highest BCUT2D eigenvalue weighted by atomic mass is 16.5. The van der Waals surface area contributed by atoms with Crippen LogP contribution in [0.2, 0.25) is 0 Å². The van der Waals surface area contributed by atoms with Crippen LogP contribution in [-0.2, 0) is 4.79 Å². The number of methoxy groups -OCH3 is 1. The van der Waals surface area contributed by atoms with Gasteiger partial charge in [-0.05, 0) is 48.5 Å². The molecule has 8 nitrogen and oxygen atoms in total. The Morgan fingerprint density at radius 2 is 1.82 bits per heavy atom. The second-order valence-electron chi connectivity index (χ2n) is 7.20. The number of ether oxygens (including phenoxy) is 2. The van der Waals surface area contributed by atoms with Crippen LogP contribution in [0.4, 0.5) is 17.3 Å². The third-order valence-electron chi connectivity index (χ3n) is 5.05. The lowest BCUT2D eigenvalue weighted by Crippen LogP contribution is -2.26. The molecule has 3 N–H and O–H groups in total. The number of carbonyl (C=O) groups is 2. The Balaban J connectivity index is 1.33. The number of carbonyl (C=O) groups excluding carboxylic acids is 2. The molecule has 3 aromatic carbocycles. The van der Waals surface area contributed by atoms with Crippen molar-refractivity contribution in [1.29, 1.82) is 0 Å². The van der Waals surface area contributed by atoms with Gasteiger partial charge >= 0.3 is 0 Å². The second kappa shape index (κ2) is 9.78. The van der Waals surface area contributed by atoms with E-state index in [2.05, 4.69) is 5.32 Å². The van der Waals surface area contributed by atoms with Crippen molar-refractivity contribution in [3.8, 4) is 11.5 Å². The van der Waals surface area contributed by atoms with Gasteiger partial charge in [0.1, 0.15) is 23.7 Å². The highest BCUT2D eigenvalue weighted by Crippen LogP contribution is 2.28. The molecule has 33 heavy (non-hydrogen) atoms. The summed E-state index contributed by atoms with van der Waals surface area (Å²) in [5, 5.41) is 3.64. The normalized spacial score (nSPS) is 10.6. The SMILES string of the molecule is COc1ccc2cc(N(C=O)CCOc3ccc(C(=O)Nc4ccccc4N)cc3)oc2c1. The van der Waals surface area contributed by atoms with Gasteiger partial charge in [-0.3, -0.25) is 14.5 Å². The van der Waals surface area contributed by atoms with Gasteiger partial charge < -0.3 is 24.9 Å². The van der Waals surface area contributed by atoms with Crippen molar-refractivity contribution in [2.45, 2.75) is 0 Å². The maximum Gasteiger partial charge on any atom is 0.255 e. The molecule has 0 aliphatic carbocycles. The van der Waals surface area contributed by atoms with E-state index in [4.69, 9.17) is 19.6 Å². The Bertz CT molecular complexity index is 1270. The Hall–Kier alpha value is -4.46. The number of rotatable bonds is 9. The molecular weight excluding hydrogens is 422 g/mol. The van der Waals surface area contributed by atoms with Crippen LogP contribution >= 0.6 is 0 Å². The monoisotopic (exact) mass is 445 g/mol. The first-order chi connectivity index (χ1) is 16.1. The van der Waals surface area contributed by atoms with E-state index in [0.717, 1.165) is 5.39 Å². The summed E-state index contributed by atoms with van der Waals surface area (Å²) in [6.45, 7) is 0.529. The number of nitrogen functional groups attached to an aromatic ring is 1. The van der Waals surface area contributed by atoms with E-state index in [-0.39, 0.29) is 19.1 Å². The van der Waals surface area contributed by atoms with Crippen LogP contribution in [0.15, 0.2) is 77.2 Å². The number of hydrogen-bond acceptors (Lipinski definition) is 6. The number of hydrogen-bond donors (Lipinski definition) is 2. The maximum absolute atomic E-state index is 12.4. The third-order valence-corrected chi connectivity index (χ3v) is 5.05. The number of amides is 2. The molecule has 0 saturated heterocycles. The summed E-state index contributed by atoms with van der Waals surface area (Å²) in [6.07, 6.45) is 0.695. The first-order valence-corrected chi connectivity index (χ1v) is 10.3. The van der Waals surface area contributed by atoms with Crippen molar-refractivity contribution in [3.63, 3.8) is 0 Å². The minimum Gasteiger partial charge on any atom is -0.497 e. The van der Waals surface area contributed by atoms with Crippen LogP contribution in [0, 0.1) is 0 Å². The lowest BCUT2D eigenvalue weighted by molar-refractivity contribution is -0.107. The average molecular weight is 445 g/mol. The van der Waals surface area contributed by atoms with E-state index in [9.17, 15) is 9.59 Å². The molecule has 0 aliphatic rings. The average Bonchev–Trinajstić information content (AvgIpc) is 3.26. The molecule has 0 fully saturated rings. The number of nitrogens with two attached hydrogens (primary N) is 1. The van der Waals surface area contributed by atoms with Gasteiger partial charge in [0, 0.05) is 23.1 Å². The lowest BCUT2D eigenvalue weighted by Gasteiger charge is -2.14. The molecule has 8 heteroatoms. The summed E-state index contributed by atoms with van der Waals surface area (Å²) < 4.78 is 16.7. The molecule has 2 amide bonds. The third kappa shape index (κ3) is 5.07. The van der Waals surface area contributed by atoms with E-state index >= 15 is 0 Å². The first-order valence-electron chi connectivity index (χ1n) is 10.3. The Kier molecular flexibility index (Phi) is 6.45. The summed E-state index contributed by atoms with van der Waals surface area (Å²) in [7, 11) is 1.58. The summed E-state index contributed by atoms with van der Waals surface area (Å²) in [6, 6.07) is 21.0. The van der Waals surface area contributed by atoms with Crippen LogP contribution in [0.25, 0.3) is 11.0 Å². The number of furan rings is 1. The fourth-order valence-corrected chi connectivity index (χ4v) is 3.25. The Morgan fingerprint density at radius 3 is 2.55 bits per heavy atom. The fraction of sp³-hybridized carbons (Fsp3) is 0.120. The molecule has 1 heterocycles. The quantitative estimate of drug-likeness (QED) is 0.294. The molecule has 4 rings (SSSR count). The van der Waals surface area contributed by atoms with E-state index in [1.54, 1.807) is 67.8 Å². The minimum absolute atomic E-state index is 0.241. The Labute approximate surface area is 190 Å². The molecular formula is C25H23N3O5. The highest BCUT2D eigenvalue weighted by molar-refractivity contribution is 6.05. The number of fused-ring (bicyclic) bond motifs is 1. The fourth-order valence-electron chi connectivity index (χ4n) is 3.25. The van der Waals surface area contributed by atoms with Gasteiger partial charge in [0.15, 0.2) is 0 Å². The summed E-state index contributed by atoms with van der Waals surface area (Å²) in [4.78, 5) is 25.4. The van der Waals surface area contributed by atoms with Crippen molar-refractivity contribution in [2.24, 2.45) is 0 Å². The number of para-hydroxylation sites is 2. The molecule has 0 atom stereocenters. The number of nitrogens with one attached hydrogen (secondary N) is 1. The van der Waals surface area contributed by atoms with Gasteiger partial charge in [-0.25, -0.2) is 0 Å². The molecule has 4 aromatic rings. The van der Waals surface area contributed by atoms with Crippen LogP contribution in [-0.4, -0.2) is 32.6 Å². The molecule has 0 spiro atoms. The van der Waals surface area contributed by atoms with Crippen molar-refractivity contribution in [1.82, 2.24) is 0 Å². The maximum atomic E-state index is 12.4. The van der Waals surface area contributed by atoms with Gasteiger partial charge in [0.2, 0.25) is 12.3 Å². The zero-order chi connectivity index (χ0) is 23.2. The zero-order valence-corrected chi connectivity index (χ0v) is 18.0. The van der Waals surface area contributed by atoms with Crippen molar-refractivity contribution < 1.29 is 23.5 Å². The van der Waals surface area contributed by atoms with E-state index < -0.39 is 0 Å². The summed E-state index contributed by atoms with van der Waals surface area (Å²) in [5.41, 5.74) is 8.01. The van der Waals surface area contributed by atoms with Crippen LogP contribution in [0.1, 0.15) is 10.4 Å². The van der Waals surface area contributed by atoms with E-state index in [1.165, 1.54) is 4.90 Å². The lowest BCUT2D eigenvalue weighted by atomic mass is 10.2. The first kappa shape index (κ1) is 21.8. The summed E-state index contributed by atoms with van der Waals surface area (Å²) in [5.74, 6) is 1.40. The predicted octanol–water partition coefficient (Wildman–Crippen LogP) is 4.32. The molecule has 1 aromatic heterocycles. The largest absolute Gasteiger partial charge is 0.497 e. The van der Waals surface area contributed by atoms with Gasteiger partial charge in [-0.1, -0.05) is 12.1 Å². The van der Waals surface area contributed by atoms with E-state index in [1.807, 2.05) is 12.1 Å². The highest BCUT2D eigenvalue weighted by Gasteiger charge is 2.13. The van der Waals surface area contributed by atoms with Crippen LogP contribution in [0.5, 0.6) is 11.5 Å². The molecule has 0 unspecified atom stereocenters. The molecule has 0 saturated carbocycles. The summed E-state index contributed by atoms with van der Waals surface area (Å²) >= 11 is 0. The smallest absolute Gasteiger partial charge is 0.255 e. The zero-order valence-electron chi connectivity index (χ0n) is 18.0. The number of anilines is 3. The van der Waals surface area contributed by atoms with Gasteiger partial charge in [-0.2, -0.15) is 0 Å². The molecule has 0 bridgehead atoms. The molecule has 0 radical (unpaired) electrons. The standard InChI is InChI=1S/C25H23N3O5/c1-31-20-11-8-18-14-24(33-23(18)15-20)28(16-29)12-13-32-19-9-6-17(7-10-19)25(30)27-22-5-3-2-4-21(22)26/h2-11,14-16H,12-13,26H2,1H3,(H,27,30). The van der Waals surface area contributed by atoms with Gasteiger partial charge in [-0.15, -0.1) is 0 Å². The number of benzene rings is 3. The van der Waals surface area contributed by atoms with Crippen molar-refractivity contribution >= 4 is 40.5 Å². The molecule has 168 valence electrons. The van der Waals surface area contributed by atoms with Crippen LogP contribution in [0.3, 0.4) is 0 Å². The number of nitrogens with zero attached hydrogens (tertiary/aromatic N) is 1. The van der Waals surface area contributed by atoms with Gasteiger partial charge in [0.25, 0.3) is 5.91 Å². The van der Waals surface area contributed by atoms with Crippen molar-refractivity contribution in [3.05, 3.63) is 78.4 Å². The van der Waals surface area contributed by atoms with Gasteiger partial charge in [0.05, 0.1) is 25.0 Å². The Morgan fingerprint density at radius 1 is 1.06 bits per heavy atom. The van der Waals surface area contributed by atoms with Crippen molar-refractivity contribution in [2.75, 3.05) is 36.2 Å². The predicted molar refractivity (Wildman–Crippen MR) is 127 cm³/mol. The van der Waals surface area contributed by atoms with E-state index in [0.29, 0.717) is 46.3 Å². The second-order valence-corrected chi connectivity index (χ2v) is 7.20. The topological polar surface area (TPSA) is 107 Å². The van der Waals surface area contributed by atoms with Crippen LogP contribution < -0.4 is 25.4 Å².